The minimum atomic E-state index is -1.40. The molecule has 0 spiro atoms. The first-order chi connectivity index (χ1) is 11.5. The zero-order valence-corrected chi connectivity index (χ0v) is 15.2. The normalized spacial score (nSPS) is 25.5. The minimum absolute atomic E-state index is 0.0721. The van der Waals surface area contributed by atoms with Crippen LogP contribution in [0.2, 0.25) is 0 Å². The van der Waals surface area contributed by atoms with Gasteiger partial charge in [-0.05, 0) is 31.6 Å². The van der Waals surface area contributed by atoms with Crippen LogP contribution in [0.5, 0.6) is 0 Å². The van der Waals surface area contributed by atoms with E-state index in [0.717, 1.165) is 25.7 Å². The topological polar surface area (TPSA) is 54.4 Å². The van der Waals surface area contributed by atoms with Gasteiger partial charge in [-0.15, -0.1) is 0 Å². The standard InChI is InChI=1S/C20H33FO3/c1-3-5-7-8-9-10-15-16(20(24)14-19(15)23)12-13-18(22)17(21)11-6-4-2/h8-9,15-17,20,24H,3-7,10-14H2,1-2H3/b9-8-/t15-,16?,17?,20-/m1/s1. The highest BCUT2D eigenvalue weighted by Gasteiger charge is 2.40. The average molecular weight is 340 g/mol. The number of rotatable bonds is 12. The number of allylic oxidation sites excluding steroid dienone is 2. The van der Waals surface area contributed by atoms with Gasteiger partial charge in [-0.25, -0.2) is 4.39 Å². The number of ketones is 2. The molecular formula is C20H33FO3. The third kappa shape index (κ3) is 6.84. The summed E-state index contributed by atoms with van der Waals surface area (Å²) in [4.78, 5) is 24.0. The van der Waals surface area contributed by atoms with Gasteiger partial charge >= 0.3 is 0 Å². The maximum absolute atomic E-state index is 13.8. The molecule has 1 aliphatic carbocycles. The smallest absolute Gasteiger partial charge is 0.166 e. The Kier molecular flexibility index (Phi) is 10.1. The van der Waals surface area contributed by atoms with Crippen LogP contribution >= 0.6 is 0 Å². The molecule has 0 aromatic carbocycles. The lowest BCUT2D eigenvalue weighted by Gasteiger charge is -2.20. The summed E-state index contributed by atoms with van der Waals surface area (Å²) in [5, 5.41) is 10.1. The second kappa shape index (κ2) is 11.5. The van der Waals surface area contributed by atoms with E-state index in [1.807, 2.05) is 13.0 Å². The fraction of sp³-hybridized carbons (Fsp3) is 0.800. The van der Waals surface area contributed by atoms with Crippen molar-refractivity contribution in [2.45, 2.75) is 90.3 Å². The van der Waals surface area contributed by atoms with Gasteiger partial charge in [0.1, 0.15) is 5.78 Å². The summed E-state index contributed by atoms with van der Waals surface area (Å²) < 4.78 is 13.8. The number of aliphatic hydroxyl groups excluding tert-OH is 1. The maximum atomic E-state index is 13.8. The average Bonchev–Trinajstić information content (AvgIpc) is 2.83. The van der Waals surface area contributed by atoms with Gasteiger partial charge in [0, 0.05) is 18.8 Å². The predicted octanol–water partition coefficient (Wildman–Crippen LogP) is 4.57. The van der Waals surface area contributed by atoms with Crippen molar-refractivity contribution in [3.8, 4) is 0 Å². The summed E-state index contributed by atoms with van der Waals surface area (Å²) in [6, 6.07) is 0. The Bertz CT molecular complexity index is 419. The van der Waals surface area contributed by atoms with E-state index in [1.54, 1.807) is 0 Å². The van der Waals surface area contributed by atoms with Crippen molar-refractivity contribution >= 4 is 11.6 Å². The molecule has 138 valence electrons. The molecule has 0 aromatic rings. The van der Waals surface area contributed by atoms with Crippen LogP contribution in [-0.2, 0) is 9.59 Å². The molecule has 0 heterocycles. The van der Waals surface area contributed by atoms with E-state index in [0.29, 0.717) is 19.3 Å². The molecule has 1 rings (SSSR count). The number of carbonyl (C=O) groups is 2. The van der Waals surface area contributed by atoms with Crippen LogP contribution in [0.1, 0.15) is 78.1 Å². The molecule has 0 radical (unpaired) electrons. The molecular weight excluding hydrogens is 307 g/mol. The van der Waals surface area contributed by atoms with Gasteiger partial charge in [-0.3, -0.25) is 9.59 Å². The largest absolute Gasteiger partial charge is 0.392 e. The van der Waals surface area contributed by atoms with Crippen LogP contribution in [0, 0.1) is 11.8 Å². The zero-order chi connectivity index (χ0) is 17.9. The first-order valence-electron chi connectivity index (χ1n) is 9.53. The Labute approximate surface area is 145 Å². The molecule has 0 bridgehead atoms. The van der Waals surface area contributed by atoms with Gasteiger partial charge in [0.25, 0.3) is 0 Å². The number of unbranched alkanes of at least 4 members (excludes halogenated alkanes) is 3. The van der Waals surface area contributed by atoms with E-state index in [2.05, 4.69) is 13.0 Å². The van der Waals surface area contributed by atoms with Crippen LogP contribution in [0.4, 0.5) is 4.39 Å². The molecule has 0 aromatic heterocycles. The lowest BCUT2D eigenvalue weighted by molar-refractivity contribution is -0.125. The molecule has 1 fully saturated rings. The molecule has 0 saturated heterocycles. The molecule has 24 heavy (non-hydrogen) atoms. The van der Waals surface area contributed by atoms with Gasteiger partial charge in [-0.1, -0.05) is 51.7 Å². The van der Waals surface area contributed by atoms with Crippen LogP contribution in [0.3, 0.4) is 0 Å². The maximum Gasteiger partial charge on any atom is 0.166 e. The number of hydrogen-bond donors (Lipinski definition) is 1. The third-order valence-electron chi connectivity index (χ3n) is 5.00. The molecule has 1 N–H and O–H groups in total. The molecule has 4 heteroatoms. The lowest BCUT2D eigenvalue weighted by atomic mass is 9.86. The van der Waals surface area contributed by atoms with Crippen molar-refractivity contribution in [1.29, 1.82) is 0 Å². The van der Waals surface area contributed by atoms with Crippen molar-refractivity contribution < 1.29 is 19.1 Å². The fourth-order valence-corrected chi connectivity index (χ4v) is 3.41. The minimum Gasteiger partial charge on any atom is -0.392 e. The number of Topliss-reactive ketones (excluding diaryl/α,β-unsaturated/α-hetero) is 2. The van der Waals surface area contributed by atoms with Gasteiger partial charge in [0.15, 0.2) is 12.0 Å². The van der Waals surface area contributed by atoms with Crippen molar-refractivity contribution in [3.63, 3.8) is 0 Å². The number of hydrogen-bond acceptors (Lipinski definition) is 3. The number of alkyl halides is 1. The summed E-state index contributed by atoms with van der Waals surface area (Å²) in [6.07, 6.45) is 8.48. The Morgan fingerprint density at radius 1 is 1.29 bits per heavy atom. The number of carbonyl (C=O) groups excluding carboxylic acids is 2. The summed E-state index contributed by atoms with van der Waals surface area (Å²) in [5.74, 6) is -0.745. The van der Waals surface area contributed by atoms with E-state index >= 15 is 0 Å². The first kappa shape index (κ1) is 21.0. The van der Waals surface area contributed by atoms with E-state index in [4.69, 9.17) is 0 Å². The van der Waals surface area contributed by atoms with Gasteiger partial charge in [0.2, 0.25) is 0 Å². The van der Waals surface area contributed by atoms with Crippen LogP contribution in [0.25, 0.3) is 0 Å². The van der Waals surface area contributed by atoms with Crippen LogP contribution in [-0.4, -0.2) is 28.9 Å². The monoisotopic (exact) mass is 340 g/mol. The fourth-order valence-electron chi connectivity index (χ4n) is 3.41. The molecule has 0 aliphatic heterocycles. The van der Waals surface area contributed by atoms with Crippen LogP contribution < -0.4 is 0 Å². The Hall–Kier alpha value is -1.03. The Balaban J connectivity index is 2.48. The quantitative estimate of drug-likeness (QED) is 0.418. The van der Waals surface area contributed by atoms with Crippen molar-refractivity contribution in [2.24, 2.45) is 11.8 Å². The highest BCUT2D eigenvalue weighted by Crippen LogP contribution is 2.35. The van der Waals surface area contributed by atoms with Crippen molar-refractivity contribution in [2.75, 3.05) is 0 Å². The first-order valence-corrected chi connectivity index (χ1v) is 9.53. The van der Waals surface area contributed by atoms with E-state index in [9.17, 15) is 19.1 Å². The Morgan fingerprint density at radius 2 is 2.00 bits per heavy atom. The molecule has 0 amide bonds. The lowest BCUT2D eigenvalue weighted by Crippen LogP contribution is -2.23. The van der Waals surface area contributed by atoms with Gasteiger partial charge in [-0.2, -0.15) is 0 Å². The van der Waals surface area contributed by atoms with E-state index < -0.39 is 12.3 Å². The van der Waals surface area contributed by atoms with E-state index in [-0.39, 0.29) is 42.7 Å². The molecule has 1 aliphatic rings. The second-order valence-electron chi connectivity index (χ2n) is 6.97. The van der Waals surface area contributed by atoms with E-state index in [1.165, 1.54) is 0 Å². The summed E-state index contributed by atoms with van der Waals surface area (Å²) in [6.45, 7) is 4.10. The highest BCUT2D eigenvalue weighted by atomic mass is 19.1. The summed E-state index contributed by atoms with van der Waals surface area (Å²) in [7, 11) is 0. The van der Waals surface area contributed by atoms with Crippen molar-refractivity contribution in [3.05, 3.63) is 12.2 Å². The molecule has 4 atom stereocenters. The van der Waals surface area contributed by atoms with Crippen molar-refractivity contribution in [1.82, 2.24) is 0 Å². The molecule has 3 nitrogen and oxygen atoms in total. The zero-order valence-electron chi connectivity index (χ0n) is 15.2. The summed E-state index contributed by atoms with van der Waals surface area (Å²) >= 11 is 0. The second-order valence-corrected chi connectivity index (χ2v) is 6.97. The Morgan fingerprint density at radius 3 is 2.67 bits per heavy atom. The SMILES string of the molecule is CCCC/C=C\C[C@H]1C(=O)C[C@@H](O)C1CCC(=O)C(F)CCCC. The van der Waals surface area contributed by atoms with Crippen LogP contribution in [0.15, 0.2) is 12.2 Å². The van der Waals surface area contributed by atoms with Gasteiger partial charge < -0.3 is 5.11 Å². The highest BCUT2D eigenvalue weighted by molar-refractivity contribution is 5.85. The molecule has 1 saturated carbocycles. The molecule has 2 unspecified atom stereocenters. The predicted molar refractivity (Wildman–Crippen MR) is 94.6 cm³/mol. The third-order valence-corrected chi connectivity index (χ3v) is 5.00. The number of aliphatic hydroxyl groups is 1. The number of halogens is 1. The van der Waals surface area contributed by atoms with Gasteiger partial charge in [0.05, 0.1) is 6.10 Å². The summed E-state index contributed by atoms with van der Waals surface area (Å²) in [5.41, 5.74) is 0.